The average Bonchev–Trinajstić information content (AvgIpc) is 3.23. The molecule has 0 saturated heterocycles. The summed E-state index contributed by atoms with van der Waals surface area (Å²) < 4.78 is 0. The minimum Gasteiger partial charge on any atom is -0.344 e. The standard InChI is InChI=1S/C19H27N3O3S/c1-12(23)20-17(13-7-5-6-8-13)19(25)22-21-18(24)16-11-14-9-3-2-4-10-15(14)26-16/h11,13,17H,2-10H2,1H3,(H,20,23)(H,21,24)(H,22,25)/t17-/m1/s1. The Hall–Kier alpha value is -1.89. The number of hydrazine groups is 1. The molecule has 3 N–H and O–H groups in total. The fourth-order valence-corrected chi connectivity index (χ4v) is 5.09. The molecule has 0 bridgehead atoms. The zero-order valence-electron chi connectivity index (χ0n) is 15.2. The van der Waals surface area contributed by atoms with Crippen LogP contribution in [0, 0.1) is 5.92 Å². The van der Waals surface area contributed by atoms with Crippen LogP contribution in [0.4, 0.5) is 0 Å². The predicted octanol–water partition coefficient (Wildman–Crippen LogP) is 2.47. The third kappa shape index (κ3) is 4.63. The van der Waals surface area contributed by atoms with Crippen molar-refractivity contribution in [3.63, 3.8) is 0 Å². The van der Waals surface area contributed by atoms with Gasteiger partial charge in [-0.25, -0.2) is 0 Å². The van der Waals surface area contributed by atoms with Gasteiger partial charge in [0.15, 0.2) is 0 Å². The number of hydrogen-bond acceptors (Lipinski definition) is 4. The molecule has 6 nitrogen and oxygen atoms in total. The van der Waals surface area contributed by atoms with Gasteiger partial charge in [-0.15, -0.1) is 11.3 Å². The largest absolute Gasteiger partial charge is 0.344 e. The SMILES string of the molecule is CC(=O)N[C@@H](C(=O)NNC(=O)c1cc2c(s1)CCCCC2)C1CCCC1. The average molecular weight is 378 g/mol. The highest BCUT2D eigenvalue weighted by Crippen LogP contribution is 2.29. The lowest BCUT2D eigenvalue weighted by atomic mass is 9.97. The van der Waals surface area contributed by atoms with Crippen LogP contribution in [-0.4, -0.2) is 23.8 Å². The highest BCUT2D eigenvalue weighted by atomic mass is 32.1. The van der Waals surface area contributed by atoms with Gasteiger partial charge in [0.1, 0.15) is 6.04 Å². The minimum atomic E-state index is -0.588. The normalized spacial score (nSPS) is 18.5. The predicted molar refractivity (Wildman–Crippen MR) is 101 cm³/mol. The van der Waals surface area contributed by atoms with Crippen LogP contribution < -0.4 is 16.2 Å². The first kappa shape index (κ1) is 18.9. The molecule has 1 atom stereocenters. The first-order valence-corrected chi connectivity index (χ1v) is 10.3. The molecular weight excluding hydrogens is 350 g/mol. The minimum absolute atomic E-state index is 0.133. The summed E-state index contributed by atoms with van der Waals surface area (Å²) in [5, 5.41) is 2.73. The second-order valence-corrected chi connectivity index (χ2v) is 8.42. The van der Waals surface area contributed by atoms with Crippen molar-refractivity contribution in [2.24, 2.45) is 5.92 Å². The Bertz CT molecular complexity index is 656. The lowest BCUT2D eigenvalue weighted by Gasteiger charge is -2.23. The smallest absolute Gasteiger partial charge is 0.279 e. The van der Waals surface area contributed by atoms with Crippen molar-refractivity contribution in [3.05, 3.63) is 21.4 Å². The second kappa shape index (κ2) is 8.66. The molecule has 0 spiro atoms. The van der Waals surface area contributed by atoms with E-state index in [0.29, 0.717) is 4.88 Å². The summed E-state index contributed by atoms with van der Waals surface area (Å²) in [5.74, 6) is -0.734. The molecule has 1 heterocycles. The van der Waals surface area contributed by atoms with Crippen LogP contribution in [0.2, 0.25) is 0 Å². The van der Waals surface area contributed by atoms with Gasteiger partial charge in [-0.2, -0.15) is 0 Å². The first-order valence-electron chi connectivity index (χ1n) is 9.53. The van der Waals surface area contributed by atoms with E-state index in [2.05, 4.69) is 16.2 Å². The molecular formula is C19H27N3O3S. The fraction of sp³-hybridized carbons (Fsp3) is 0.632. The van der Waals surface area contributed by atoms with Crippen LogP contribution in [0.15, 0.2) is 6.07 Å². The Kier molecular flexibility index (Phi) is 6.29. The molecule has 142 valence electrons. The summed E-state index contributed by atoms with van der Waals surface area (Å²) in [6.07, 6.45) is 9.62. The second-order valence-electron chi connectivity index (χ2n) is 7.29. The van der Waals surface area contributed by atoms with Gasteiger partial charge >= 0.3 is 0 Å². The fourth-order valence-electron chi connectivity index (χ4n) is 3.94. The summed E-state index contributed by atoms with van der Waals surface area (Å²) in [7, 11) is 0. The molecule has 1 fully saturated rings. The molecule has 0 aromatic carbocycles. The van der Waals surface area contributed by atoms with Crippen LogP contribution in [0.25, 0.3) is 0 Å². The number of fused-ring (bicyclic) bond motifs is 1. The third-order valence-electron chi connectivity index (χ3n) is 5.28. The topological polar surface area (TPSA) is 87.3 Å². The Morgan fingerprint density at radius 2 is 1.77 bits per heavy atom. The van der Waals surface area contributed by atoms with Crippen molar-refractivity contribution in [1.29, 1.82) is 0 Å². The van der Waals surface area contributed by atoms with Crippen molar-refractivity contribution >= 4 is 29.1 Å². The molecule has 26 heavy (non-hydrogen) atoms. The number of thiophene rings is 1. The number of carbonyl (C=O) groups excluding carboxylic acids is 3. The number of nitrogens with one attached hydrogen (secondary N) is 3. The van der Waals surface area contributed by atoms with E-state index >= 15 is 0 Å². The summed E-state index contributed by atoms with van der Waals surface area (Å²) in [5.41, 5.74) is 6.30. The van der Waals surface area contributed by atoms with Crippen LogP contribution in [0.5, 0.6) is 0 Å². The number of amides is 3. The van der Waals surface area contributed by atoms with Gasteiger partial charge in [0.05, 0.1) is 4.88 Å². The van der Waals surface area contributed by atoms with Crippen LogP contribution in [0.3, 0.4) is 0 Å². The van der Waals surface area contributed by atoms with E-state index in [9.17, 15) is 14.4 Å². The Morgan fingerprint density at radius 3 is 2.50 bits per heavy atom. The van der Waals surface area contributed by atoms with E-state index in [1.807, 2.05) is 6.07 Å². The summed E-state index contributed by atoms with van der Waals surface area (Å²) in [4.78, 5) is 38.3. The van der Waals surface area contributed by atoms with Gasteiger partial charge in [0.2, 0.25) is 5.91 Å². The van der Waals surface area contributed by atoms with Crippen LogP contribution in [0.1, 0.15) is 72.0 Å². The van der Waals surface area contributed by atoms with Crippen molar-refractivity contribution < 1.29 is 14.4 Å². The monoisotopic (exact) mass is 377 g/mol. The van der Waals surface area contributed by atoms with Crippen molar-refractivity contribution in [1.82, 2.24) is 16.2 Å². The van der Waals surface area contributed by atoms with Crippen molar-refractivity contribution in [2.45, 2.75) is 70.8 Å². The van der Waals surface area contributed by atoms with E-state index in [-0.39, 0.29) is 23.6 Å². The van der Waals surface area contributed by atoms with E-state index in [1.54, 1.807) is 0 Å². The summed E-state index contributed by atoms with van der Waals surface area (Å²) >= 11 is 1.52. The van der Waals surface area contributed by atoms with Gasteiger partial charge in [-0.3, -0.25) is 25.2 Å². The molecule has 2 aliphatic rings. The zero-order valence-corrected chi connectivity index (χ0v) is 16.0. The van der Waals surface area contributed by atoms with Crippen LogP contribution >= 0.6 is 11.3 Å². The number of aryl methyl sites for hydroxylation is 2. The van der Waals surface area contributed by atoms with Crippen molar-refractivity contribution in [2.75, 3.05) is 0 Å². The van der Waals surface area contributed by atoms with E-state index in [4.69, 9.17) is 0 Å². The molecule has 0 unspecified atom stereocenters. The Balaban J connectivity index is 1.58. The molecule has 3 rings (SSSR count). The van der Waals surface area contributed by atoms with Gasteiger partial charge in [-0.1, -0.05) is 19.3 Å². The number of hydrogen-bond donors (Lipinski definition) is 3. The van der Waals surface area contributed by atoms with Crippen LogP contribution in [-0.2, 0) is 22.4 Å². The van der Waals surface area contributed by atoms with Gasteiger partial charge < -0.3 is 5.32 Å². The molecule has 2 aliphatic carbocycles. The number of carbonyl (C=O) groups is 3. The zero-order chi connectivity index (χ0) is 18.5. The van der Waals surface area contributed by atoms with E-state index in [1.165, 1.54) is 48.0 Å². The molecule has 0 aliphatic heterocycles. The Morgan fingerprint density at radius 1 is 1.04 bits per heavy atom. The molecule has 7 heteroatoms. The first-order chi connectivity index (χ1) is 12.5. The highest BCUT2D eigenvalue weighted by molar-refractivity contribution is 7.14. The maximum absolute atomic E-state index is 12.5. The summed E-state index contributed by atoms with van der Waals surface area (Å²) in [6, 6.07) is 1.37. The Labute approximate surface area is 158 Å². The third-order valence-corrected chi connectivity index (χ3v) is 6.52. The summed E-state index contributed by atoms with van der Waals surface area (Å²) in [6.45, 7) is 1.41. The highest BCUT2D eigenvalue weighted by Gasteiger charge is 2.31. The molecule has 3 amide bonds. The lowest BCUT2D eigenvalue weighted by Crippen LogP contribution is -2.54. The van der Waals surface area contributed by atoms with E-state index in [0.717, 1.165) is 38.5 Å². The molecule has 1 saturated carbocycles. The molecule has 1 aromatic rings. The lowest BCUT2D eigenvalue weighted by molar-refractivity contribution is -0.129. The molecule has 0 radical (unpaired) electrons. The van der Waals surface area contributed by atoms with Gasteiger partial charge in [0, 0.05) is 11.8 Å². The van der Waals surface area contributed by atoms with Gasteiger partial charge in [0.25, 0.3) is 11.8 Å². The maximum Gasteiger partial charge on any atom is 0.279 e. The molecule has 1 aromatic heterocycles. The van der Waals surface area contributed by atoms with E-state index < -0.39 is 6.04 Å². The van der Waals surface area contributed by atoms with Gasteiger partial charge in [-0.05, 0) is 56.1 Å². The number of rotatable bonds is 4. The maximum atomic E-state index is 12.5. The van der Waals surface area contributed by atoms with Crippen molar-refractivity contribution in [3.8, 4) is 0 Å². The quantitative estimate of drug-likeness (QED) is 0.556.